The number of rotatable bonds is 3. The molecule has 4 nitrogen and oxygen atoms in total. The Hall–Kier alpha value is -1.88. The third-order valence-electron chi connectivity index (χ3n) is 2.37. The van der Waals surface area contributed by atoms with Crippen molar-refractivity contribution in [3.05, 3.63) is 35.5 Å². The van der Waals surface area contributed by atoms with Crippen molar-refractivity contribution in [3.8, 4) is 22.8 Å². The van der Waals surface area contributed by atoms with E-state index >= 15 is 0 Å². The standard InChI is InChI=1S/C12H10ClFN2O2/c1-17-8-3-7(4-9(5-8)18-2)11-10(14)12(13)16-6-15-11/h3-6H,1-2H3. The molecule has 2 aromatic rings. The van der Waals surface area contributed by atoms with E-state index in [1.54, 1.807) is 18.2 Å². The van der Waals surface area contributed by atoms with Gasteiger partial charge in [0.2, 0.25) is 0 Å². The minimum atomic E-state index is -0.672. The summed E-state index contributed by atoms with van der Waals surface area (Å²) in [5.41, 5.74) is 0.611. The number of benzene rings is 1. The predicted molar refractivity (Wildman–Crippen MR) is 65.5 cm³/mol. The fourth-order valence-electron chi connectivity index (χ4n) is 1.49. The van der Waals surface area contributed by atoms with Crippen molar-refractivity contribution in [3.63, 3.8) is 0 Å². The van der Waals surface area contributed by atoms with Gasteiger partial charge >= 0.3 is 0 Å². The molecule has 2 rings (SSSR count). The fraction of sp³-hybridized carbons (Fsp3) is 0.167. The molecule has 0 saturated heterocycles. The van der Waals surface area contributed by atoms with Gasteiger partial charge in [-0.2, -0.15) is 0 Å². The average molecular weight is 269 g/mol. The van der Waals surface area contributed by atoms with E-state index in [-0.39, 0.29) is 10.8 Å². The molecule has 0 spiro atoms. The second-order valence-electron chi connectivity index (χ2n) is 3.43. The van der Waals surface area contributed by atoms with Crippen molar-refractivity contribution in [1.82, 2.24) is 9.97 Å². The molecule has 0 atom stereocenters. The van der Waals surface area contributed by atoms with Crippen LogP contribution >= 0.6 is 11.6 Å². The van der Waals surface area contributed by atoms with Gasteiger partial charge in [0.1, 0.15) is 23.5 Å². The van der Waals surface area contributed by atoms with Gasteiger partial charge in [-0.1, -0.05) is 11.6 Å². The van der Waals surface area contributed by atoms with Crippen LogP contribution in [0.25, 0.3) is 11.3 Å². The van der Waals surface area contributed by atoms with Crippen molar-refractivity contribution in [2.24, 2.45) is 0 Å². The molecule has 0 aliphatic carbocycles. The maximum Gasteiger partial charge on any atom is 0.186 e. The number of methoxy groups -OCH3 is 2. The number of hydrogen-bond acceptors (Lipinski definition) is 4. The van der Waals surface area contributed by atoms with Gasteiger partial charge in [-0.25, -0.2) is 14.4 Å². The van der Waals surface area contributed by atoms with Crippen LogP contribution in [-0.2, 0) is 0 Å². The zero-order chi connectivity index (χ0) is 13.1. The lowest BCUT2D eigenvalue weighted by Crippen LogP contribution is -1.95. The summed E-state index contributed by atoms with van der Waals surface area (Å²) in [4.78, 5) is 7.45. The van der Waals surface area contributed by atoms with E-state index in [0.29, 0.717) is 17.1 Å². The minimum absolute atomic E-state index is 0.104. The zero-order valence-electron chi connectivity index (χ0n) is 9.78. The molecule has 94 valence electrons. The average Bonchev–Trinajstić information content (AvgIpc) is 2.41. The second kappa shape index (κ2) is 5.18. The Bertz CT molecular complexity index is 556. The summed E-state index contributed by atoms with van der Waals surface area (Å²) < 4.78 is 24.0. The van der Waals surface area contributed by atoms with Gasteiger partial charge < -0.3 is 9.47 Å². The summed E-state index contributed by atoms with van der Waals surface area (Å²) in [7, 11) is 3.03. The maximum absolute atomic E-state index is 13.8. The summed E-state index contributed by atoms with van der Waals surface area (Å²) in [6, 6.07) is 4.97. The first-order valence-corrected chi connectivity index (χ1v) is 5.43. The summed E-state index contributed by atoms with van der Waals surface area (Å²) in [6.45, 7) is 0. The van der Waals surface area contributed by atoms with E-state index in [2.05, 4.69) is 9.97 Å². The molecule has 0 aliphatic rings. The molecule has 0 radical (unpaired) electrons. The topological polar surface area (TPSA) is 44.2 Å². The predicted octanol–water partition coefficient (Wildman–Crippen LogP) is 2.95. The summed E-state index contributed by atoms with van der Waals surface area (Å²) in [5, 5.41) is -0.221. The van der Waals surface area contributed by atoms with E-state index in [0.717, 1.165) is 0 Å². The molecule has 0 bridgehead atoms. The molecular formula is C12H10ClFN2O2. The van der Waals surface area contributed by atoms with Crippen LogP contribution in [0.5, 0.6) is 11.5 Å². The van der Waals surface area contributed by atoms with Crippen LogP contribution in [0.1, 0.15) is 0 Å². The lowest BCUT2D eigenvalue weighted by atomic mass is 10.1. The van der Waals surface area contributed by atoms with Gasteiger partial charge in [0.15, 0.2) is 11.0 Å². The molecule has 1 aromatic carbocycles. The second-order valence-corrected chi connectivity index (χ2v) is 3.79. The van der Waals surface area contributed by atoms with Gasteiger partial charge in [-0.05, 0) is 12.1 Å². The highest BCUT2D eigenvalue weighted by Gasteiger charge is 2.13. The Morgan fingerprint density at radius 3 is 2.22 bits per heavy atom. The molecule has 18 heavy (non-hydrogen) atoms. The first-order chi connectivity index (χ1) is 8.65. The zero-order valence-corrected chi connectivity index (χ0v) is 10.5. The van der Waals surface area contributed by atoms with Crippen LogP contribution in [0.2, 0.25) is 5.15 Å². The smallest absolute Gasteiger partial charge is 0.186 e. The van der Waals surface area contributed by atoms with Crippen LogP contribution in [0.3, 0.4) is 0 Å². The van der Waals surface area contributed by atoms with E-state index in [1.165, 1.54) is 20.5 Å². The number of ether oxygens (including phenoxy) is 2. The number of nitrogens with zero attached hydrogens (tertiary/aromatic N) is 2. The van der Waals surface area contributed by atoms with Crippen molar-refractivity contribution in [1.29, 1.82) is 0 Å². The highest BCUT2D eigenvalue weighted by Crippen LogP contribution is 2.31. The van der Waals surface area contributed by atoms with Crippen LogP contribution in [0, 0.1) is 5.82 Å². The van der Waals surface area contributed by atoms with Crippen molar-refractivity contribution >= 4 is 11.6 Å². The monoisotopic (exact) mass is 268 g/mol. The van der Waals surface area contributed by atoms with E-state index in [4.69, 9.17) is 21.1 Å². The van der Waals surface area contributed by atoms with Crippen LogP contribution in [0.15, 0.2) is 24.5 Å². The summed E-state index contributed by atoms with van der Waals surface area (Å²) in [6.07, 6.45) is 1.20. The quantitative estimate of drug-likeness (QED) is 0.803. The van der Waals surface area contributed by atoms with E-state index in [1.807, 2.05) is 0 Å². The highest BCUT2D eigenvalue weighted by atomic mass is 35.5. The SMILES string of the molecule is COc1cc(OC)cc(-c2ncnc(Cl)c2F)c1. The lowest BCUT2D eigenvalue weighted by molar-refractivity contribution is 0.394. The molecule has 6 heteroatoms. The molecule has 0 saturated carbocycles. The first kappa shape index (κ1) is 12.6. The third kappa shape index (κ3) is 2.36. The van der Waals surface area contributed by atoms with Gasteiger partial charge in [0, 0.05) is 11.6 Å². The van der Waals surface area contributed by atoms with E-state index < -0.39 is 5.82 Å². The number of hydrogen-bond donors (Lipinski definition) is 0. The Balaban J connectivity index is 2.59. The fourth-order valence-corrected chi connectivity index (χ4v) is 1.63. The Morgan fingerprint density at radius 1 is 1.06 bits per heavy atom. The normalized spacial score (nSPS) is 10.2. The molecule has 1 aromatic heterocycles. The molecule has 0 aliphatic heterocycles. The molecule has 0 unspecified atom stereocenters. The van der Waals surface area contributed by atoms with E-state index in [9.17, 15) is 4.39 Å². The molecule has 0 N–H and O–H groups in total. The third-order valence-corrected chi connectivity index (χ3v) is 2.64. The van der Waals surface area contributed by atoms with Crippen molar-refractivity contribution in [2.75, 3.05) is 14.2 Å². The van der Waals surface area contributed by atoms with Crippen molar-refractivity contribution in [2.45, 2.75) is 0 Å². The highest BCUT2D eigenvalue weighted by molar-refractivity contribution is 6.29. The number of halogens is 2. The lowest BCUT2D eigenvalue weighted by Gasteiger charge is -2.08. The molecule has 0 amide bonds. The molecule has 1 heterocycles. The first-order valence-electron chi connectivity index (χ1n) is 5.05. The molecule has 0 fully saturated rings. The summed E-state index contributed by atoms with van der Waals surface area (Å²) >= 11 is 5.62. The van der Waals surface area contributed by atoms with Crippen molar-refractivity contribution < 1.29 is 13.9 Å². The van der Waals surface area contributed by atoms with Crippen LogP contribution in [-0.4, -0.2) is 24.2 Å². The Morgan fingerprint density at radius 2 is 1.67 bits per heavy atom. The summed E-state index contributed by atoms with van der Waals surface area (Å²) in [5.74, 6) is 0.409. The van der Waals surface area contributed by atoms with Gasteiger partial charge in [0.05, 0.1) is 14.2 Å². The van der Waals surface area contributed by atoms with Crippen LogP contribution < -0.4 is 9.47 Å². The number of aromatic nitrogens is 2. The van der Waals surface area contributed by atoms with Gasteiger partial charge in [0.25, 0.3) is 0 Å². The van der Waals surface area contributed by atoms with Gasteiger partial charge in [-0.3, -0.25) is 0 Å². The largest absolute Gasteiger partial charge is 0.497 e. The van der Waals surface area contributed by atoms with Crippen LogP contribution in [0.4, 0.5) is 4.39 Å². The maximum atomic E-state index is 13.8. The molecular weight excluding hydrogens is 259 g/mol. The minimum Gasteiger partial charge on any atom is -0.497 e. The Kier molecular flexibility index (Phi) is 3.62. The van der Waals surface area contributed by atoms with Gasteiger partial charge in [-0.15, -0.1) is 0 Å². The Labute approximate surface area is 108 Å².